The van der Waals surface area contributed by atoms with Crippen LogP contribution in [-0.2, 0) is 30.4 Å². The third-order valence-corrected chi connectivity index (χ3v) is 6.69. The first kappa shape index (κ1) is 27.2. The molecular weight excluding hydrogens is 476 g/mol. The SMILES string of the molecule is O=C(O)CCCCC(=O)Nc1ccc(C2OC(CN3CCOCC3)CC(c3ccc(CO)cc3)O2)cc1. The molecule has 2 aliphatic rings. The Balaban J connectivity index is 1.40. The van der Waals surface area contributed by atoms with Crippen LogP contribution in [0, 0.1) is 0 Å². The van der Waals surface area contributed by atoms with Crippen LogP contribution in [0.4, 0.5) is 5.69 Å². The highest BCUT2D eigenvalue weighted by molar-refractivity contribution is 5.90. The second-order valence-electron chi connectivity index (χ2n) is 9.53. The molecule has 0 saturated carbocycles. The fourth-order valence-corrected chi connectivity index (χ4v) is 4.61. The molecule has 2 aromatic carbocycles. The fraction of sp³-hybridized carbons (Fsp3) is 0.500. The first-order valence-corrected chi connectivity index (χ1v) is 12.9. The van der Waals surface area contributed by atoms with Crippen molar-refractivity contribution in [2.45, 2.75) is 57.2 Å². The van der Waals surface area contributed by atoms with E-state index in [1.165, 1.54) is 0 Å². The van der Waals surface area contributed by atoms with Gasteiger partial charge in [-0.1, -0.05) is 36.4 Å². The highest BCUT2D eigenvalue weighted by Crippen LogP contribution is 2.38. The molecule has 4 rings (SSSR count). The molecule has 1 amide bonds. The van der Waals surface area contributed by atoms with E-state index in [1.807, 2.05) is 48.5 Å². The number of unbranched alkanes of at least 4 members (excludes halogenated alkanes) is 1. The number of carbonyl (C=O) groups is 2. The van der Waals surface area contributed by atoms with E-state index in [2.05, 4.69) is 10.2 Å². The van der Waals surface area contributed by atoms with Crippen molar-refractivity contribution in [1.29, 1.82) is 0 Å². The third-order valence-electron chi connectivity index (χ3n) is 6.69. The molecule has 0 aromatic heterocycles. The number of amides is 1. The number of benzene rings is 2. The van der Waals surface area contributed by atoms with Crippen molar-refractivity contribution in [3.05, 3.63) is 65.2 Å². The minimum atomic E-state index is -0.847. The zero-order valence-electron chi connectivity index (χ0n) is 21.0. The summed E-state index contributed by atoms with van der Waals surface area (Å²) in [6.45, 7) is 4.02. The monoisotopic (exact) mass is 512 g/mol. The van der Waals surface area contributed by atoms with Crippen LogP contribution in [0.15, 0.2) is 48.5 Å². The maximum Gasteiger partial charge on any atom is 0.303 e. The van der Waals surface area contributed by atoms with E-state index < -0.39 is 12.3 Å². The molecule has 2 saturated heterocycles. The number of hydrogen-bond acceptors (Lipinski definition) is 7. The Morgan fingerprint density at radius 2 is 1.59 bits per heavy atom. The predicted octanol–water partition coefficient (Wildman–Crippen LogP) is 3.64. The molecule has 2 fully saturated rings. The van der Waals surface area contributed by atoms with E-state index in [4.69, 9.17) is 19.3 Å². The van der Waals surface area contributed by atoms with Gasteiger partial charge in [0.15, 0.2) is 6.29 Å². The number of carbonyl (C=O) groups excluding carboxylic acids is 1. The Morgan fingerprint density at radius 1 is 0.919 bits per heavy atom. The Bertz CT molecular complexity index is 1010. The minimum Gasteiger partial charge on any atom is -0.481 e. The smallest absolute Gasteiger partial charge is 0.303 e. The number of carboxylic acid groups (broad SMARTS) is 1. The van der Waals surface area contributed by atoms with E-state index >= 15 is 0 Å². The second-order valence-corrected chi connectivity index (χ2v) is 9.53. The van der Waals surface area contributed by atoms with Crippen molar-refractivity contribution in [2.75, 3.05) is 38.2 Å². The molecule has 0 spiro atoms. The summed E-state index contributed by atoms with van der Waals surface area (Å²) in [5.41, 5.74) is 3.44. The van der Waals surface area contributed by atoms with Crippen LogP contribution in [0.5, 0.6) is 0 Å². The summed E-state index contributed by atoms with van der Waals surface area (Å²) in [5.74, 6) is -0.986. The molecule has 0 bridgehead atoms. The highest BCUT2D eigenvalue weighted by Gasteiger charge is 2.33. The van der Waals surface area contributed by atoms with Gasteiger partial charge in [-0.3, -0.25) is 14.5 Å². The summed E-state index contributed by atoms with van der Waals surface area (Å²) >= 11 is 0. The third kappa shape index (κ3) is 8.34. The Morgan fingerprint density at radius 3 is 2.27 bits per heavy atom. The first-order chi connectivity index (χ1) is 18.0. The van der Waals surface area contributed by atoms with Crippen molar-refractivity contribution in [3.8, 4) is 0 Å². The largest absolute Gasteiger partial charge is 0.481 e. The summed E-state index contributed by atoms with van der Waals surface area (Å²) in [7, 11) is 0. The molecule has 3 N–H and O–H groups in total. The van der Waals surface area contributed by atoms with Crippen LogP contribution in [0.3, 0.4) is 0 Å². The number of nitrogens with one attached hydrogen (secondary N) is 1. The van der Waals surface area contributed by atoms with Crippen molar-refractivity contribution in [2.24, 2.45) is 0 Å². The number of hydrogen-bond donors (Lipinski definition) is 3. The van der Waals surface area contributed by atoms with Crippen LogP contribution in [0.1, 0.15) is 61.2 Å². The molecule has 9 nitrogen and oxygen atoms in total. The van der Waals surface area contributed by atoms with E-state index in [9.17, 15) is 14.7 Å². The molecule has 2 aromatic rings. The molecule has 0 aliphatic carbocycles. The number of carboxylic acids is 1. The van der Waals surface area contributed by atoms with Crippen molar-refractivity contribution < 1.29 is 34.0 Å². The topological polar surface area (TPSA) is 118 Å². The zero-order chi connectivity index (χ0) is 26.0. The number of rotatable bonds is 11. The number of aliphatic hydroxyl groups is 1. The molecule has 3 unspecified atom stereocenters. The quantitative estimate of drug-likeness (QED) is 0.391. The lowest BCUT2D eigenvalue weighted by Crippen LogP contribution is -2.44. The van der Waals surface area contributed by atoms with E-state index in [-0.39, 0.29) is 37.6 Å². The normalized spacial score (nSPS) is 22.5. The number of anilines is 1. The lowest BCUT2D eigenvalue weighted by atomic mass is 9.99. The van der Waals surface area contributed by atoms with Crippen LogP contribution in [0.25, 0.3) is 0 Å². The standard InChI is InChI=1S/C28H36N2O7/c31-19-20-5-7-21(8-6-20)25-17-24(18-30-13-15-35-16-14-30)36-28(37-25)22-9-11-23(12-10-22)29-26(32)3-1-2-4-27(33)34/h5-12,24-25,28,31H,1-4,13-19H2,(H,29,32)(H,33,34). The van der Waals surface area contributed by atoms with Gasteiger partial charge in [0, 0.05) is 50.1 Å². The molecular formula is C28H36N2O7. The lowest BCUT2D eigenvalue weighted by molar-refractivity contribution is -0.253. The van der Waals surface area contributed by atoms with Crippen LogP contribution in [-0.4, -0.2) is 65.9 Å². The first-order valence-electron chi connectivity index (χ1n) is 12.9. The number of aliphatic hydroxyl groups excluding tert-OH is 1. The van der Waals surface area contributed by atoms with Crippen LogP contribution < -0.4 is 5.32 Å². The molecule has 0 radical (unpaired) electrons. The summed E-state index contributed by atoms with van der Waals surface area (Å²) in [6, 6.07) is 15.3. The summed E-state index contributed by atoms with van der Waals surface area (Å²) < 4.78 is 18.3. The van der Waals surface area contributed by atoms with Crippen molar-refractivity contribution in [1.82, 2.24) is 4.90 Å². The maximum absolute atomic E-state index is 12.2. The van der Waals surface area contributed by atoms with Crippen molar-refractivity contribution >= 4 is 17.6 Å². The summed E-state index contributed by atoms with van der Waals surface area (Å²) in [6.07, 6.45) is 1.36. The molecule has 3 atom stereocenters. The van der Waals surface area contributed by atoms with Gasteiger partial charge in [-0.25, -0.2) is 0 Å². The molecule has 2 heterocycles. The molecule has 200 valence electrons. The molecule has 2 aliphatic heterocycles. The average molecular weight is 513 g/mol. The summed E-state index contributed by atoms with van der Waals surface area (Å²) in [4.78, 5) is 25.1. The Kier molecular flexibility index (Phi) is 10.0. The molecule has 37 heavy (non-hydrogen) atoms. The van der Waals surface area contributed by atoms with Gasteiger partial charge in [0.1, 0.15) is 0 Å². The number of aliphatic carboxylic acids is 1. The zero-order valence-corrected chi connectivity index (χ0v) is 21.0. The Hall–Kier alpha value is -2.82. The van der Waals surface area contributed by atoms with Gasteiger partial charge in [0.2, 0.25) is 5.91 Å². The van der Waals surface area contributed by atoms with Gasteiger partial charge < -0.3 is 29.7 Å². The number of nitrogens with zero attached hydrogens (tertiary/aromatic N) is 1. The van der Waals surface area contributed by atoms with Gasteiger partial charge in [-0.2, -0.15) is 0 Å². The molecule has 9 heteroatoms. The average Bonchev–Trinajstić information content (AvgIpc) is 2.92. The Labute approximate surface area is 217 Å². The summed E-state index contributed by atoms with van der Waals surface area (Å²) in [5, 5.41) is 21.0. The minimum absolute atomic E-state index is 0.00240. The highest BCUT2D eigenvalue weighted by atomic mass is 16.7. The van der Waals surface area contributed by atoms with Gasteiger partial charge in [0.05, 0.1) is 32.0 Å². The second kappa shape index (κ2) is 13.6. The van der Waals surface area contributed by atoms with Gasteiger partial charge in [-0.05, 0) is 36.1 Å². The van der Waals surface area contributed by atoms with E-state index in [1.54, 1.807) is 0 Å². The number of morpholine rings is 1. The van der Waals surface area contributed by atoms with Gasteiger partial charge >= 0.3 is 5.97 Å². The van der Waals surface area contributed by atoms with E-state index in [0.717, 1.165) is 56.0 Å². The maximum atomic E-state index is 12.2. The van der Waals surface area contributed by atoms with Gasteiger partial charge in [-0.15, -0.1) is 0 Å². The predicted molar refractivity (Wildman–Crippen MR) is 137 cm³/mol. The van der Waals surface area contributed by atoms with Crippen LogP contribution >= 0.6 is 0 Å². The van der Waals surface area contributed by atoms with Gasteiger partial charge in [0.25, 0.3) is 0 Å². The lowest BCUT2D eigenvalue weighted by Gasteiger charge is -2.39. The van der Waals surface area contributed by atoms with Crippen molar-refractivity contribution in [3.63, 3.8) is 0 Å². The fourth-order valence-electron chi connectivity index (χ4n) is 4.61. The number of ether oxygens (including phenoxy) is 3. The van der Waals surface area contributed by atoms with E-state index in [0.29, 0.717) is 18.5 Å². The van der Waals surface area contributed by atoms with Crippen LogP contribution in [0.2, 0.25) is 0 Å².